The molecule has 4 aliphatic rings. The second-order valence-electron chi connectivity index (χ2n) is 9.09. The van der Waals surface area contributed by atoms with Crippen LogP contribution in [0.1, 0.15) is 30.4 Å². The van der Waals surface area contributed by atoms with Gasteiger partial charge in [0.2, 0.25) is 5.88 Å². The van der Waals surface area contributed by atoms with Crippen molar-refractivity contribution in [1.82, 2.24) is 4.98 Å². The van der Waals surface area contributed by atoms with Gasteiger partial charge in [0.1, 0.15) is 18.2 Å². The zero-order valence-corrected chi connectivity index (χ0v) is 16.7. The maximum Gasteiger partial charge on any atom is 0.303 e. The van der Waals surface area contributed by atoms with Crippen LogP contribution in [0, 0.1) is 17.0 Å². The number of benzene rings is 1. The fourth-order valence-electron chi connectivity index (χ4n) is 5.26. The first-order valence-corrected chi connectivity index (χ1v) is 10.0. The van der Waals surface area contributed by atoms with Gasteiger partial charge >= 0.3 is 5.92 Å². The number of aliphatic hydroxyl groups is 1. The van der Waals surface area contributed by atoms with Crippen molar-refractivity contribution in [2.24, 2.45) is 5.41 Å². The van der Waals surface area contributed by atoms with Crippen molar-refractivity contribution in [3.05, 3.63) is 59.3 Å². The predicted octanol–water partition coefficient (Wildman–Crippen LogP) is 4.35. The van der Waals surface area contributed by atoms with E-state index in [1.165, 1.54) is 12.3 Å². The summed E-state index contributed by atoms with van der Waals surface area (Å²) in [7, 11) is 0. The lowest BCUT2D eigenvalue weighted by molar-refractivity contribution is -0.306. The first-order chi connectivity index (χ1) is 15.0. The Labute approximate surface area is 179 Å². The summed E-state index contributed by atoms with van der Waals surface area (Å²) in [6, 6.07) is 5.50. The van der Waals surface area contributed by atoms with Gasteiger partial charge in [0.05, 0.1) is 6.61 Å². The Morgan fingerprint density at radius 1 is 1.06 bits per heavy atom. The van der Waals surface area contributed by atoms with Gasteiger partial charge in [0.15, 0.2) is 12.2 Å². The van der Waals surface area contributed by atoms with Gasteiger partial charge in [-0.15, -0.1) is 0 Å². The fourth-order valence-corrected chi connectivity index (χ4v) is 5.26. The zero-order valence-electron chi connectivity index (χ0n) is 16.7. The quantitative estimate of drug-likeness (QED) is 0.471. The molecule has 1 N–H and O–H groups in total. The SMILES string of the molecule is OCC(F)(F)COc1ccc(C23CC(C(F)(F)C4(c5ccc(F)cc5F)CO4)(C2)C3)cn1. The first-order valence-electron chi connectivity index (χ1n) is 10.0. The van der Waals surface area contributed by atoms with Gasteiger partial charge in [-0.2, -0.15) is 0 Å². The van der Waals surface area contributed by atoms with E-state index in [4.69, 9.17) is 14.6 Å². The third-order valence-electron chi connectivity index (χ3n) is 7.01. The minimum absolute atomic E-state index is 0.0642. The van der Waals surface area contributed by atoms with Gasteiger partial charge in [0.25, 0.3) is 5.92 Å². The molecule has 1 atom stereocenters. The highest BCUT2D eigenvalue weighted by Gasteiger charge is 2.85. The van der Waals surface area contributed by atoms with Crippen LogP contribution in [0.3, 0.4) is 0 Å². The lowest BCUT2D eigenvalue weighted by atomic mass is 9.31. The van der Waals surface area contributed by atoms with Crippen LogP contribution in [0.5, 0.6) is 5.88 Å². The highest BCUT2D eigenvalue weighted by Crippen LogP contribution is 2.81. The topological polar surface area (TPSA) is 54.9 Å². The molecule has 32 heavy (non-hydrogen) atoms. The number of hydrogen-bond donors (Lipinski definition) is 1. The largest absolute Gasteiger partial charge is 0.471 e. The van der Waals surface area contributed by atoms with Gasteiger partial charge in [-0.3, -0.25) is 0 Å². The lowest BCUT2D eigenvalue weighted by Gasteiger charge is -2.73. The Hall–Kier alpha value is -2.33. The summed E-state index contributed by atoms with van der Waals surface area (Å²) >= 11 is 0. The normalized spacial score (nSPS) is 31.0. The minimum Gasteiger partial charge on any atom is -0.471 e. The van der Waals surface area contributed by atoms with Crippen molar-refractivity contribution in [2.75, 3.05) is 19.8 Å². The predicted molar refractivity (Wildman–Crippen MR) is 98.7 cm³/mol. The van der Waals surface area contributed by atoms with Gasteiger partial charge < -0.3 is 14.6 Å². The van der Waals surface area contributed by atoms with E-state index in [-0.39, 0.29) is 37.3 Å². The van der Waals surface area contributed by atoms with Crippen LogP contribution in [0.15, 0.2) is 36.5 Å². The van der Waals surface area contributed by atoms with Gasteiger partial charge in [0, 0.05) is 29.3 Å². The summed E-state index contributed by atoms with van der Waals surface area (Å²) in [5, 5.41) is 8.56. The smallest absolute Gasteiger partial charge is 0.303 e. The van der Waals surface area contributed by atoms with Gasteiger partial charge in [-0.25, -0.2) is 31.3 Å². The van der Waals surface area contributed by atoms with E-state index in [1.807, 2.05) is 0 Å². The monoisotopic (exact) mass is 459 g/mol. The number of halogens is 6. The number of epoxide rings is 1. The molecule has 172 valence electrons. The molecule has 0 amide bonds. The number of nitrogens with zero attached hydrogens (tertiary/aromatic N) is 1. The molecule has 10 heteroatoms. The summed E-state index contributed by atoms with van der Waals surface area (Å²) in [5.41, 5.74) is -3.62. The Kier molecular flexibility index (Phi) is 4.44. The average molecular weight is 459 g/mol. The van der Waals surface area contributed by atoms with Crippen molar-refractivity contribution in [3.63, 3.8) is 0 Å². The molecule has 2 aromatic rings. The first kappa shape index (κ1) is 21.5. The number of alkyl halides is 4. The molecule has 3 saturated carbocycles. The maximum atomic E-state index is 15.6. The lowest BCUT2D eigenvalue weighted by Crippen LogP contribution is -2.74. The number of ether oxygens (including phenoxy) is 2. The molecule has 2 bridgehead atoms. The highest BCUT2D eigenvalue weighted by atomic mass is 19.3. The third-order valence-corrected chi connectivity index (χ3v) is 7.01. The molecule has 1 aromatic carbocycles. The van der Waals surface area contributed by atoms with Crippen LogP contribution in [0.2, 0.25) is 0 Å². The molecular weight excluding hydrogens is 440 g/mol. The van der Waals surface area contributed by atoms with Crippen molar-refractivity contribution in [2.45, 2.75) is 42.1 Å². The molecule has 4 fully saturated rings. The molecule has 3 aliphatic carbocycles. The van der Waals surface area contributed by atoms with E-state index in [9.17, 15) is 17.6 Å². The highest BCUT2D eigenvalue weighted by molar-refractivity contribution is 5.44. The number of rotatable bonds is 8. The van der Waals surface area contributed by atoms with Gasteiger partial charge in [-0.1, -0.05) is 6.07 Å². The zero-order chi connectivity index (χ0) is 23.0. The summed E-state index contributed by atoms with van der Waals surface area (Å²) in [5.74, 6) is -8.72. The number of aromatic nitrogens is 1. The minimum atomic E-state index is -3.39. The molecular formula is C22H19F6NO3. The third kappa shape index (κ3) is 2.88. The van der Waals surface area contributed by atoms with Crippen LogP contribution in [0.25, 0.3) is 0 Å². The number of aliphatic hydroxyl groups excluding tert-OH is 1. The Balaban J connectivity index is 1.29. The van der Waals surface area contributed by atoms with Gasteiger partial charge in [-0.05, 0) is 42.4 Å². The number of hydrogen-bond acceptors (Lipinski definition) is 4. The standard InChI is InChI=1S/C22H19F6NO3/c23-14-2-3-15(16(24)5-14)21(12-32-21)22(27,28)19-7-18(8-19,9-19)13-1-4-17(29-6-13)31-11-20(25,26)10-30/h1-6,30H,7-12H2. The van der Waals surface area contributed by atoms with Crippen LogP contribution in [-0.4, -0.2) is 41.8 Å². The summed E-state index contributed by atoms with van der Waals surface area (Å²) in [4.78, 5) is 3.97. The fraction of sp³-hybridized carbons (Fsp3) is 0.500. The second-order valence-corrected chi connectivity index (χ2v) is 9.09. The summed E-state index contributed by atoms with van der Waals surface area (Å²) < 4.78 is 94.8. The molecule has 1 aliphatic heterocycles. The maximum absolute atomic E-state index is 15.6. The molecule has 1 unspecified atom stereocenters. The molecule has 1 saturated heterocycles. The average Bonchev–Trinajstić information content (AvgIpc) is 3.47. The van der Waals surface area contributed by atoms with E-state index < -0.39 is 53.1 Å². The van der Waals surface area contributed by atoms with Crippen LogP contribution >= 0.6 is 0 Å². The van der Waals surface area contributed by atoms with Crippen LogP contribution < -0.4 is 4.74 Å². The molecule has 0 radical (unpaired) electrons. The summed E-state index contributed by atoms with van der Waals surface area (Å²) in [6.07, 6.45) is 1.85. The molecule has 4 nitrogen and oxygen atoms in total. The molecule has 0 spiro atoms. The summed E-state index contributed by atoms with van der Waals surface area (Å²) in [6.45, 7) is -2.72. The molecule has 1 aromatic heterocycles. The van der Waals surface area contributed by atoms with E-state index in [1.54, 1.807) is 6.07 Å². The van der Waals surface area contributed by atoms with Crippen molar-refractivity contribution in [1.29, 1.82) is 0 Å². The second kappa shape index (κ2) is 6.60. The Morgan fingerprint density at radius 2 is 1.75 bits per heavy atom. The van der Waals surface area contributed by atoms with E-state index in [2.05, 4.69) is 4.98 Å². The van der Waals surface area contributed by atoms with E-state index >= 15 is 8.78 Å². The van der Waals surface area contributed by atoms with E-state index in [0.29, 0.717) is 11.6 Å². The number of pyridine rings is 1. The Morgan fingerprint density at radius 3 is 2.28 bits per heavy atom. The van der Waals surface area contributed by atoms with E-state index in [0.717, 1.165) is 12.1 Å². The molecule has 2 heterocycles. The Bertz CT molecular complexity index is 1030. The van der Waals surface area contributed by atoms with Crippen LogP contribution in [-0.2, 0) is 15.8 Å². The van der Waals surface area contributed by atoms with Crippen molar-refractivity contribution in [3.8, 4) is 5.88 Å². The van der Waals surface area contributed by atoms with Crippen LogP contribution in [0.4, 0.5) is 26.3 Å². The van der Waals surface area contributed by atoms with Crippen molar-refractivity contribution < 1.29 is 40.9 Å². The molecule has 6 rings (SSSR count). The van der Waals surface area contributed by atoms with Crippen molar-refractivity contribution >= 4 is 0 Å².